The van der Waals surface area contributed by atoms with Crippen LogP contribution in [0.4, 0.5) is 0 Å². The molecule has 1 amide bonds. The highest BCUT2D eigenvalue weighted by Gasteiger charge is 2.37. The van der Waals surface area contributed by atoms with Crippen molar-refractivity contribution < 1.29 is 9.53 Å². The van der Waals surface area contributed by atoms with Crippen LogP contribution in [0.1, 0.15) is 18.4 Å². The first kappa shape index (κ1) is 14.1. The number of carbonyl (C=O) groups is 1. The van der Waals surface area contributed by atoms with Crippen molar-refractivity contribution in [2.24, 2.45) is 16.9 Å². The fraction of sp³-hybridized carbons (Fsp3) is 0.375. The molecule has 4 nitrogen and oxygen atoms in total. The Labute approximate surface area is 128 Å². The van der Waals surface area contributed by atoms with Crippen molar-refractivity contribution in [3.8, 4) is 5.75 Å². The zero-order valence-electron chi connectivity index (χ0n) is 11.8. The predicted molar refractivity (Wildman–Crippen MR) is 82.6 cm³/mol. The van der Waals surface area contributed by atoms with E-state index in [1.54, 1.807) is 18.2 Å². The molecule has 0 spiro atoms. The van der Waals surface area contributed by atoms with E-state index >= 15 is 0 Å². The number of aryl methyl sites for hydroxylation is 1. The molecule has 0 bridgehead atoms. The van der Waals surface area contributed by atoms with Gasteiger partial charge in [-0.2, -0.15) is 5.10 Å². The van der Waals surface area contributed by atoms with E-state index < -0.39 is 0 Å². The van der Waals surface area contributed by atoms with Gasteiger partial charge in [-0.15, -0.1) is 0 Å². The highest BCUT2D eigenvalue weighted by Crippen LogP contribution is 2.40. The minimum atomic E-state index is -0.244. The molecule has 0 heterocycles. The van der Waals surface area contributed by atoms with Crippen LogP contribution in [0.3, 0.4) is 0 Å². The van der Waals surface area contributed by atoms with E-state index in [0.717, 1.165) is 24.1 Å². The highest BCUT2D eigenvalue weighted by molar-refractivity contribution is 6.30. The van der Waals surface area contributed by atoms with Crippen molar-refractivity contribution in [3.05, 3.63) is 40.9 Å². The highest BCUT2D eigenvalue weighted by atomic mass is 35.5. The van der Waals surface area contributed by atoms with Gasteiger partial charge in [0.25, 0.3) is 5.91 Å². The quantitative estimate of drug-likeness (QED) is 0.686. The van der Waals surface area contributed by atoms with Gasteiger partial charge in [-0.3, -0.25) is 4.79 Å². The molecule has 3 rings (SSSR count). The van der Waals surface area contributed by atoms with Crippen LogP contribution in [0.2, 0.25) is 5.02 Å². The predicted octanol–water partition coefficient (Wildman–Crippen LogP) is 3.10. The van der Waals surface area contributed by atoms with E-state index in [0.29, 0.717) is 22.6 Å². The third-order valence-electron chi connectivity index (χ3n) is 3.98. The minimum Gasteiger partial charge on any atom is -0.483 e. The van der Waals surface area contributed by atoms with Crippen molar-refractivity contribution in [1.82, 2.24) is 5.43 Å². The van der Waals surface area contributed by atoms with Gasteiger partial charge in [-0.1, -0.05) is 23.8 Å². The molecule has 2 aliphatic carbocycles. The monoisotopic (exact) mass is 304 g/mol. The Bertz CT molecular complexity index is 625. The van der Waals surface area contributed by atoms with Crippen molar-refractivity contribution in [2.75, 3.05) is 6.61 Å². The summed E-state index contributed by atoms with van der Waals surface area (Å²) in [5.41, 5.74) is 4.56. The van der Waals surface area contributed by atoms with E-state index in [9.17, 15) is 4.79 Å². The fourth-order valence-corrected chi connectivity index (χ4v) is 2.97. The molecule has 0 aromatic heterocycles. The standard InChI is InChI=1S/C16H17ClN2O2/c1-10-7-12(17)5-6-15(10)21-9-16(20)19-18-14-8-11-3-2-4-13(11)14/h2-3,5-7,11,13H,4,8-9H2,1H3,(H,19,20)/b18-14+/t11-,13+/m1/s1. The molecule has 0 radical (unpaired) electrons. The maximum atomic E-state index is 11.7. The third kappa shape index (κ3) is 3.10. The molecule has 1 saturated carbocycles. The van der Waals surface area contributed by atoms with E-state index in [4.69, 9.17) is 16.3 Å². The normalized spacial score (nSPS) is 24.6. The van der Waals surface area contributed by atoms with Crippen LogP contribution >= 0.6 is 11.6 Å². The third-order valence-corrected chi connectivity index (χ3v) is 4.22. The molecule has 1 aromatic carbocycles. The second kappa shape index (κ2) is 5.90. The summed E-state index contributed by atoms with van der Waals surface area (Å²) in [6.45, 7) is 1.84. The van der Waals surface area contributed by atoms with Crippen molar-refractivity contribution in [2.45, 2.75) is 19.8 Å². The second-order valence-electron chi connectivity index (χ2n) is 5.47. The molecule has 0 unspecified atom stereocenters. The first-order valence-electron chi connectivity index (χ1n) is 7.04. The summed E-state index contributed by atoms with van der Waals surface area (Å²) >= 11 is 5.87. The molecule has 1 N–H and O–H groups in total. The lowest BCUT2D eigenvalue weighted by Crippen LogP contribution is -2.36. The fourth-order valence-electron chi connectivity index (χ4n) is 2.75. The summed E-state index contributed by atoms with van der Waals surface area (Å²) in [5, 5.41) is 4.85. The Hall–Kier alpha value is -1.81. The molecule has 0 aliphatic heterocycles. The number of hydrogen-bond donors (Lipinski definition) is 1. The Morgan fingerprint density at radius 1 is 1.52 bits per heavy atom. The van der Waals surface area contributed by atoms with Gasteiger partial charge in [0.05, 0.1) is 0 Å². The molecule has 2 aliphatic rings. The summed E-state index contributed by atoms with van der Waals surface area (Å²) < 4.78 is 5.47. The van der Waals surface area contributed by atoms with Crippen LogP contribution in [0, 0.1) is 18.8 Å². The average molecular weight is 305 g/mol. The number of amides is 1. The van der Waals surface area contributed by atoms with Crippen LogP contribution in [0.15, 0.2) is 35.5 Å². The van der Waals surface area contributed by atoms with E-state index in [1.807, 2.05) is 6.92 Å². The molecule has 5 heteroatoms. The molecule has 110 valence electrons. The Morgan fingerprint density at radius 3 is 3.14 bits per heavy atom. The van der Waals surface area contributed by atoms with Gasteiger partial charge in [-0.05, 0) is 49.4 Å². The van der Waals surface area contributed by atoms with E-state index in [2.05, 4.69) is 22.7 Å². The Balaban J connectivity index is 1.47. The lowest BCUT2D eigenvalue weighted by Gasteiger charge is -2.31. The summed E-state index contributed by atoms with van der Waals surface area (Å²) in [6, 6.07) is 5.30. The van der Waals surface area contributed by atoms with Crippen LogP contribution in [-0.4, -0.2) is 18.2 Å². The minimum absolute atomic E-state index is 0.0500. The molecular weight excluding hydrogens is 288 g/mol. The molecule has 1 fully saturated rings. The SMILES string of the molecule is Cc1cc(Cl)ccc1OCC(=O)N/N=C1\C[C@H]2C=CC[C@H]12. The lowest BCUT2D eigenvalue weighted by atomic mass is 9.74. The van der Waals surface area contributed by atoms with Gasteiger partial charge in [0.15, 0.2) is 6.61 Å². The zero-order chi connectivity index (χ0) is 14.8. The van der Waals surface area contributed by atoms with Gasteiger partial charge in [0.1, 0.15) is 5.75 Å². The van der Waals surface area contributed by atoms with Gasteiger partial charge < -0.3 is 4.74 Å². The van der Waals surface area contributed by atoms with Gasteiger partial charge in [0.2, 0.25) is 0 Å². The number of benzene rings is 1. The maximum Gasteiger partial charge on any atom is 0.277 e. The van der Waals surface area contributed by atoms with E-state index in [-0.39, 0.29) is 12.5 Å². The van der Waals surface area contributed by atoms with Crippen LogP contribution in [0.5, 0.6) is 5.75 Å². The van der Waals surface area contributed by atoms with Gasteiger partial charge in [0, 0.05) is 16.7 Å². The number of carbonyl (C=O) groups excluding carboxylic acids is 1. The molecule has 1 aromatic rings. The second-order valence-corrected chi connectivity index (χ2v) is 5.91. The molecule has 0 saturated heterocycles. The lowest BCUT2D eigenvalue weighted by molar-refractivity contribution is -0.123. The summed E-state index contributed by atoms with van der Waals surface area (Å²) in [5.74, 6) is 1.55. The van der Waals surface area contributed by atoms with Crippen molar-refractivity contribution in [3.63, 3.8) is 0 Å². The smallest absolute Gasteiger partial charge is 0.277 e. The summed E-state index contributed by atoms with van der Waals surface area (Å²) in [4.78, 5) is 11.7. The number of nitrogens with one attached hydrogen (secondary N) is 1. The molecule has 21 heavy (non-hydrogen) atoms. The van der Waals surface area contributed by atoms with E-state index in [1.165, 1.54) is 0 Å². The number of halogens is 1. The first-order chi connectivity index (χ1) is 10.1. The Morgan fingerprint density at radius 2 is 2.38 bits per heavy atom. The topological polar surface area (TPSA) is 50.7 Å². The number of nitrogens with zero attached hydrogens (tertiary/aromatic N) is 1. The van der Waals surface area contributed by atoms with Crippen molar-refractivity contribution in [1.29, 1.82) is 0 Å². The number of hydrazone groups is 1. The number of ether oxygens (including phenoxy) is 1. The van der Waals surface area contributed by atoms with Crippen LogP contribution < -0.4 is 10.2 Å². The number of hydrogen-bond acceptors (Lipinski definition) is 3. The summed E-state index contributed by atoms with van der Waals surface area (Å²) in [7, 11) is 0. The zero-order valence-corrected chi connectivity index (χ0v) is 12.6. The maximum absolute atomic E-state index is 11.7. The van der Waals surface area contributed by atoms with Crippen LogP contribution in [0.25, 0.3) is 0 Å². The number of allylic oxidation sites excluding steroid dienone is 2. The number of fused-ring (bicyclic) bond motifs is 1. The van der Waals surface area contributed by atoms with Crippen LogP contribution in [-0.2, 0) is 4.79 Å². The molecule has 2 atom stereocenters. The Kier molecular flexibility index (Phi) is 3.97. The largest absolute Gasteiger partial charge is 0.483 e. The first-order valence-corrected chi connectivity index (χ1v) is 7.42. The summed E-state index contributed by atoms with van der Waals surface area (Å²) in [6.07, 6.45) is 6.42. The average Bonchev–Trinajstić information content (AvgIpc) is 2.79. The van der Waals surface area contributed by atoms with Gasteiger partial charge >= 0.3 is 0 Å². The molecular formula is C16H17ClN2O2. The van der Waals surface area contributed by atoms with Crippen molar-refractivity contribution >= 4 is 23.2 Å². The number of rotatable bonds is 4. The van der Waals surface area contributed by atoms with Gasteiger partial charge in [-0.25, -0.2) is 5.43 Å².